The van der Waals surface area contributed by atoms with Crippen molar-refractivity contribution >= 4 is 10.9 Å². The molecule has 2 aromatic heterocycles. The summed E-state index contributed by atoms with van der Waals surface area (Å²) in [5.41, 5.74) is 3.82. The number of methoxy groups -OCH3 is 1. The molecule has 0 bridgehead atoms. The lowest BCUT2D eigenvalue weighted by Gasteiger charge is -2.10. The van der Waals surface area contributed by atoms with Crippen LogP contribution in [0.2, 0.25) is 0 Å². The molecule has 4 aromatic rings. The molecule has 0 amide bonds. The number of para-hydroxylation sites is 1. The summed E-state index contributed by atoms with van der Waals surface area (Å²) < 4.78 is 6.99. The predicted octanol–water partition coefficient (Wildman–Crippen LogP) is 3.97. The van der Waals surface area contributed by atoms with E-state index in [-0.39, 0.29) is 0 Å². The third kappa shape index (κ3) is 2.60. The first-order valence-electron chi connectivity index (χ1n) is 7.79. The minimum absolute atomic E-state index is 0.360. The zero-order chi connectivity index (χ0) is 17.2. The van der Waals surface area contributed by atoms with Crippen LogP contribution in [0.25, 0.3) is 27.8 Å². The summed E-state index contributed by atoms with van der Waals surface area (Å²) in [6.45, 7) is 0. The summed E-state index contributed by atoms with van der Waals surface area (Å²) in [5, 5.41) is 14.8. The summed E-state index contributed by atoms with van der Waals surface area (Å²) >= 11 is 0. The Labute approximate surface area is 144 Å². The molecule has 0 unspecified atom stereocenters. The highest BCUT2D eigenvalue weighted by Crippen LogP contribution is 2.28. The Balaban J connectivity index is 1.95. The molecular weight excluding hydrogens is 312 g/mol. The van der Waals surface area contributed by atoms with Crippen molar-refractivity contribution in [2.45, 2.75) is 0 Å². The number of aromatic nitrogens is 3. The molecule has 0 atom stereocenters. The minimum atomic E-state index is 0.360. The second-order valence-electron chi connectivity index (χ2n) is 5.52. The Bertz CT molecular complexity index is 1090. The maximum Gasteiger partial charge on any atom is 0.163 e. The number of hydrogen-bond acceptors (Lipinski definition) is 4. The van der Waals surface area contributed by atoms with Crippen molar-refractivity contribution < 1.29 is 4.74 Å². The van der Waals surface area contributed by atoms with Crippen LogP contribution in [0.3, 0.4) is 0 Å². The highest BCUT2D eigenvalue weighted by atomic mass is 16.5. The number of rotatable bonds is 3. The van der Waals surface area contributed by atoms with E-state index in [2.05, 4.69) is 16.2 Å². The SMILES string of the molecule is COc1ccc(-c2cc(C#N)nn2-c2cccc3cccnc23)cc1. The second-order valence-corrected chi connectivity index (χ2v) is 5.52. The molecule has 25 heavy (non-hydrogen) atoms. The van der Waals surface area contributed by atoms with Crippen LogP contribution in [0, 0.1) is 11.3 Å². The highest BCUT2D eigenvalue weighted by Gasteiger charge is 2.14. The summed E-state index contributed by atoms with van der Waals surface area (Å²) in [5.74, 6) is 0.780. The van der Waals surface area contributed by atoms with E-state index in [9.17, 15) is 5.26 Å². The molecule has 5 nitrogen and oxygen atoms in total. The van der Waals surface area contributed by atoms with Gasteiger partial charge in [0.1, 0.15) is 11.8 Å². The summed E-state index contributed by atoms with van der Waals surface area (Å²) in [4.78, 5) is 4.49. The van der Waals surface area contributed by atoms with Gasteiger partial charge in [-0.2, -0.15) is 10.4 Å². The number of hydrogen-bond donors (Lipinski definition) is 0. The van der Waals surface area contributed by atoms with E-state index in [1.54, 1.807) is 24.1 Å². The number of benzene rings is 2. The fourth-order valence-corrected chi connectivity index (χ4v) is 2.85. The minimum Gasteiger partial charge on any atom is -0.497 e. The van der Waals surface area contributed by atoms with Crippen LogP contribution in [0.5, 0.6) is 5.75 Å². The van der Waals surface area contributed by atoms with Crippen LogP contribution >= 0.6 is 0 Å². The molecule has 0 radical (unpaired) electrons. The molecule has 0 saturated carbocycles. The van der Waals surface area contributed by atoms with Gasteiger partial charge in [-0.25, -0.2) is 4.68 Å². The van der Waals surface area contributed by atoms with Gasteiger partial charge in [0.2, 0.25) is 0 Å². The Kier molecular flexibility index (Phi) is 3.64. The van der Waals surface area contributed by atoms with Crippen molar-refractivity contribution in [1.29, 1.82) is 5.26 Å². The Morgan fingerprint density at radius 1 is 1.04 bits per heavy atom. The van der Waals surface area contributed by atoms with Gasteiger partial charge in [0.05, 0.1) is 24.0 Å². The number of pyridine rings is 1. The van der Waals surface area contributed by atoms with Crippen LogP contribution in [0.1, 0.15) is 5.69 Å². The lowest BCUT2D eigenvalue weighted by molar-refractivity contribution is 0.415. The molecule has 0 fully saturated rings. The first kappa shape index (κ1) is 14.9. The van der Waals surface area contributed by atoms with Gasteiger partial charge in [-0.05, 0) is 36.4 Å². The van der Waals surface area contributed by atoms with Gasteiger partial charge in [0.25, 0.3) is 0 Å². The Morgan fingerprint density at radius 2 is 1.84 bits per heavy atom. The van der Waals surface area contributed by atoms with E-state index in [0.29, 0.717) is 5.69 Å². The van der Waals surface area contributed by atoms with Gasteiger partial charge in [0, 0.05) is 23.2 Å². The van der Waals surface area contributed by atoms with Crippen LogP contribution in [0.15, 0.2) is 66.9 Å². The van der Waals surface area contributed by atoms with Gasteiger partial charge >= 0.3 is 0 Å². The topological polar surface area (TPSA) is 63.7 Å². The molecule has 0 saturated heterocycles. The van der Waals surface area contributed by atoms with E-state index in [4.69, 9.17) is 4.74 Å². The Hall–Kier alpha value is -3.65. The molecule has 0 spiro atoms. The van der Waals surface area contributed by atoms with E-state index < -0.39 is 0 Å². The van der Waals surface area contributed by atoms with Crippen molar-refractivity contribution in [3.8, 4) is 28.8 Å². The largest absolute Gasteiger partial charge is 0.497 e. The van der Waals surface area contributed by atoms with Crippen molar-refractivity contribution in [3.63, 3.8) is 0 Å². The summed E-state index contributed by atoms with van der Waals surface area (Å²) in [6.07, 6.45) is 1.76. The monoisotopic (exact) mass is 326 g/mol. The third-order valence-corrected chi connectivity index (χ3v) is 4.05. The quantitative estimate of drug-likeness (QED) is 0.571. The number of nitrogens with zero attached hydrogens (tertiary/aromatic N) is 4. The molecule has 5 heteroatoms. The fraction of sp³-hybridized carbons (Fsp3) is 0.0500. The van der Waals surface area contributed by atoms with Crippen LogP contribution < -0.4 is 4.74 Å². The molecular formula is C20H14N4O. The van der Waals surface area contributed by atoms with Gasteiger partial charge in [-0.15, -0.1) is 0 Å². The maximum absolute atomic E-state index is 9.30. The van der Waals surface area contributed by atoms with E-state index in [0.717, 1.165) is 33.6 Å². The van der Waals surface area contributed by atoms with Gasteiger partial charge in [-0.1, -0.05) is 18.2 Å². The smallest absolute Gasteiger partial charge is 0.163 e. The van der Waals surface area contributed by atoms with E-state index >= 15 is 0 Å². The summed E-state index contributed by atoms with van der Waals surface area (Å²) in [7, 11) is 1.63. The maximum atomic E-state index is 9.30. The van der Waals surface area contributed by atoms with Gasteiger partial charge in [-0.3, -0.25) is 4.98 Å². The number of nitriles is 1. The van der Waals surface area contributed by atoms with E-state index in [1.165, 1.54) is 0 Å². The second kappa shape index (κ2) is 6.10. The first-order valence-corrected chi connectivity index (χ1v) is 7.79. The molecule has 4 rings (SSSR count). The van der Waals surface area contributed by atoms with Crippen LogP contribution in [0.4, 0.5) is 0 Å². The normalized spacial score (nSPS) is 10.6. The average Bonchev–Trinajstić information content (AvgIpc) is 3.12. The van der Waals surface area contributed by atoms with Crippen molar-refractivity contribution in [2.75, 3.05) is 7.11 Å². The van der Waals surface area contributed by atoms with Crippen molar-refractivity contribution in [3.05, 3.63) is 72.6 Å². The molecule has 0 aliphatic rings. The van der Waals surface area contributed by atoms with Crippen molar-refractivity contribution in [2.24, 2.45) is 0 Å². The zero-order valence-electron chi connectivity index (χ0n) is 13.5. The highest BCUT2D eigenvalue weighted by molar-refractivity contribution is 5.87. The van der Waals surface area contributed by atoms with Crippen LogP contribution in [-0.4, -0.2) is 21.9 Å². The molecule has 0 N–H and O–H groups in total. The molecule has 2 heterocycles. The first-order chi connectivity index (χ1) is 12.3. The average molecular weight is 326 g/mol. The molecule has 0 aliphatic carbocycles. The molecule has 2 aromatic carbocycles. The molecule has 120 valence electrons. The summed E-state index contributed by atoms with van der Waals surface area (Å²) in [6, 6.07) is 21.4. The zero-order valence-corrected chi connectivity index (χ0v) is 13.5. The van der Waals surface area contributed by atoms with Crippen molar-refractivity contribution in [1.82, 2.24) is 14.8 Å². The number of ether oxygens (including phenoxy) is 1. The Morgan fingerprint density at radius 3 is 2.60 bits per heavy atom. The van der Waals surface area contributed by atoms with Gasteiger partial charge < -0.3 is 4.74 Å². The standard InChI is InChI=1S/C20H14N4O/c1-25-17-9-7-14(8-10-17)19-12-16(13-21)23-24(19)18-6-2-4-15-5-3-11-22-20(15)18/h2-12H,1H3. The molecule has 0 aliphatic heterocycles. The van der Waals surface area contributed by atoms with Crippen LogP contribution in [-0.2, 0) is 0 Å². The fourth-order valence-electron chi connectivity index (χ4n) is 2.85. The lowest BCUT2D eigenvalue weighted by atomic mass is 10.1. The predicted molar refractivity (Wildman–Crippen MR) is 95.6 cm³/mol. The number of fused-ring (bicyclic) bond motifs is 1. The third-order valence-electron chi connectivity index (χ3n) is 4.05. The van der Waals surface area contributed by atoms with Gasteiger partial charge in [0.15, 0.2) is 5.69 Å². The lowest BCUT2D eigenvalue weighted by Crippen LogP contribution is -2.01. The van der Waals surface area contributed by atoms with E-state index in [1.807, 2.05) is 54.6 Å².